The first-order valence-corrected chi connectivity index (χ1v) is 4.52. The van der Waals surface area contributed by atoms with Crippen LogP contribution in [0.4, 0.5) is 10.5 Å². The minimum atomic E-state index is -0.550. The normalized spacial score (nSPS) is 9.40. The van der Waals surface area contributed by atoms with Crippen molar-refractivity contribution in [2.45, 2.75) is 6.92 Å². The first kappa shape index (κ1) is 11.0. The average Bonchev–Trinajstić information content (AvgIpc) is 2.18. The van der Waals surface area contributed by atoms with Gasteiger partial charge >= 0.3 is 6.09 Å². The van der Waals surface area contributed by atoms with Crippen molar-refractivity contribution in [2.24, 2.45) is 5.73 Å². The standard InChI is InChI=1S/C10H13N3O2/c1-2-15-10(14)13-8-6-4-3-5-7(8)9(11)12/h3-6H,2H2,1H3,(H3,11,12)(H,13,14). The highest BCUT2D eigenvalue weighted by Crippen LogP contribution is 2.14. The summed E-state index contributed by atoms with van der Waals surface area (Å²) in [4.78, 5) is 11.1. The molecule has 0 aromatic heterocycles. The molecule has 1 rings (SSSR count). The molecule has 0 atom stereocenters. The van der Waals surface area contributed by atoms with Crippen LogP contribution in [0.3, 0.4) is 0 Å². The monoisotopic (exact) mass is 207 g/mol. The van der Waals surface area contributed by atoms with Gasteiger partial charge in [-0.15, -0.1) is 0 Å². The van der Waals surface area contributed by atoms with E-state index >= 15 is 0 Å². The van der Waals surface area contributed by atoms with Crippen LogP contribution in [0.25, 0.3) is 0 Å². The largest absolute Gasteiger partial charge is 0.450 e. The van der Waals surface area contributed by atoms with Crippen LogP contribution in [0.1, 0.15) is 12.5 Å². The lowest BCUT2D eigenvalue weighted by atomic mass is 10.1. The number of nitrogen functional groups attached to an aromatic ring is 1. The Morgan fingerprint density at radius 1 is 1.53 bits per heavy atom. The van der Waals surface area contributed by atoms with Gasteiger partial charge in [-0.1, -0.05) is 12.1 Å². The molecule has 5 heteroatoms. The topological polar surface area (TPSA) is 88.2 Å². The maximum absolute atomic E-state index is 11.1. The van der Waals surface area contributed by atoms with E-state index in [0.717, 1.165) is 0 Å². The quantitative estimate of drug-likeness (QED) is 0.519. The highest BCUT2D eigenvalue weighted by Gasteiger charge is 2.07. The van der Waals surface area contributed by atoms with Crippen molar-refractivity contribution >= 4 is 17.6 Å². The lowest BCUT2D eigenvalue weighted by Crippen LogP contribution is -2.18. The number of benzene rings is 1. The van der Waals surface area contributed by atoms with Gasteiger partial charge in [-0.05, 0) is 19.1 Å². The second-order valence-corrected chi connectivity index (χ2v) is 2.80. The van der Waals surface area contributed by atoms with Crippen LogP contribution >= 0.6 is 0 Å². The number of hydrogen-bond donors (Lipinski definition) is 3. The third-order valence-corrected chi connectivity index (χ3v) is 1.73. The third kappa shape index (κ3) is 2.98. The SMILES string of the molecule is CCOC(=O)Nc1ccccc1C(=N)N. The molecule has 1 aromatic carbocycles. The maximum Gasteiger partial charge on any atom is 0.411 e. The third-order valence-electron chi connectivity index (χ3n) is 1.73. The van der Waals surface area contributed by atoms with Gasteiger partial charge in [0.25, 0.3) is 0 Å². The molecule has 0 aliphatic rings. The van der Waals surface area contributed by atoms with Crippen molar-refractivity contribution in [3.05, 3.63) is 29.8 Å². The van der Waals surface area contributed by atoms with Crippen molar-refractivity contribution in [1.82, 2.24) is 0 Å². The highest BCUT2D eigenvalue weighted by atomic mass is 16.5. The summed E-state index contributed by atoms with van der Waals surface area (Å²) in [7, 11) is 0. The predicted molar refractivity (Wildman–Crippen MR) is 58.1 cm³/mol. The minimum absolute atomic E-state index is 0.0950. The average molecular weight is 207 g/mol. The number of nitrogens with two attached hydrogens (primary N) is 1. The van der Waals surface area contributed by atoms with E-state index in [9.17, 15) is 4.79 Å². The van der Waals surface area contributed by atoms with E-state index in [-0.39, 0.29) is 5.84 Å². The number of rotatable bonds is 3. The highest BCUT2D eigenvalue weighted by molar-refractivity contribution is 6.03. The summed E-state index contributed by atoms with van der Waals surface area (Å²) in [6.07, 6.45) is -0.550. The van der Waals surface area contributed by atoms with Crippen molar-refractivity contribution in [1.29, 1.82) is 5.41 Å². The lowest BCUT2D eigenvalue weighted by molar-refractivity contribution is 0.168. The van der Waals surface area contributed by atoms with E-state index in [1.54, 1.807) is 31.2 Å². The van der Waals surface area contributed by atoms with Gasteiger partial charge in [0.1, 0.15) is 5.84 Å². The molecular formula is C10H13N3O2. The fourth-order valence-electron chi connectivity index (χ4n) is 1.10. The summed E-state index contributed by atoms with van der Waals surface area (Å²) < 4.78 is 4.72. The smallest absolute Gasteiger partial charge is 0.411 e. The van der Waals surface area contributed by atoms with Gasteiger partial charge in [0, 0.05) is 5.56 Å². The van der Waals surface area contributed by atoms with Gasteiger partial charge in [-0.3, -0.25) is 10.7 Å². The fraction of sp³-hybridized carbons (Fsp3) is 0.200. The molecule has 0 aliphatic heterocycles. The van der Waals surface area contributed by atoms with Gasteiger partial charge in [0.15, 0.2) is 0 Å². The van der Waals surface area contributed by atoms with E-state index < -0.39 is 6.09 Å². The van der Waals surface area contributed by atoms with Crippen LogP contribution in [0, 0.1) is 5.41 Å². The molecule has 1 aromatic rings. The summed E-state index contributed by atoms with van der Waals surface area (Å²) in [5.41, 5.74) is 6.31. The van der Waals surface area contributed by atoms with Crippen molar-refractivity contribution < 1.29 is 9.53 Å². The predicted octanol–water partition coefficient (Wildman–Crippen LogP) is 1.54. The first-order chi connectivity index (χ1) is 7.15. The Morgan fingerprint density at radius 3 is 2.80 bits per heavy atom. The van der Waals surface area contributed by atoms with Crippen LogP contribution in [-0.2, 0) is 4.74 Å². The molecule has 0 radical (unpaired) electrons. The molecule has 0 saturated carbocycles. The lowest BCUT2D eigenvalue weighted by Gasteiger charge is -2.09. The number of nitrogens with one attached hydrogen (secondary N) is 2. The second kappa shape index (κ2) is 4.99. The van der Waals surface area contributed by atoms with E-state index in [4.69, 9.17) is 15.9 Å². The molecule has 0 aliphatic carbocycles. The zero-order valence-electron chi connectivity index (χ0n) is 8.41. The van der Waals surface area contributed by atoms with Crippen LogP contribution in [0.2, 0.25) is 0 Å². The summed E-state index contributed by atoms with van der Waals surface area (Å²) in [5.74, 6) is -0.0950. The van der Waals surface area contributed by atoms with E-state index in [1.165, 1.54) is 0 Å². The summed E-state index contributed by atoms with van der Waals surface area (Å²) in [6.45, 7) is 2.02. The number of carbonyl (C=O) groups excluding carboxylic acids is 1. The molecule has 0 unspecified atom stereocenters. The van der Waals surface area contributed by atoms with E-state index in [2.05, 4.69) is 5.32 Å². The molecule has 0 heterocycles. The number of amides is 1. The molecule has 5 nitrogen and oxygen atoms in total. The molecule has 80 valence electrons. The fourth-order valence-corrected chi connectivity index (χ4v) is 1.10. The second-order valence-electron chi connectivity index (χ2n) is 2.80. The molecule has 0 fully saturated rings. The summed E-state index contributed by atoms with van der Waals surface area (Å²) in [5, 5.41) is 9.82. The summed E-state index contributed by atoms with van der Waals surface area (Å²) >= 11 is 0. The van der Waals surface area contributed by atoms with Crippen LogP contribution in [0.5, 0.6) is 0 Å². The molecule has 0 spiro atoms. The molecule has 4 N–H and O–H groups in total. The van der Waals surface area contributed by atoms with Crippen LogP contribution < -0.4 is 11.1 Å². The first-order valence-electron chi connectivity index (χ1n) is 4.52. The maximum atomic E-state index is 11.1. The Labute approximate surface area is 87.7 Å². The van der Waals surface area contributed by atoms with Crippen molar-refractivity contribution in [3.8, 4) is 0 Å². The molecular weight excluding hydrogens is 194 g/mol. The van der Waals surface area contributed by atoms with E-state index in [1.807, 2.05) is 0 Å². The number of anilines is 1. The summed E-state index contributed by atoms with van der Waals surface area (Å²) in [6, 6.07) is 6.80. The zero-order valence-corrected chi connectivity index (χ0v) is 8.41. The Kier molecular flexibility index (Phi) is 3.68. The van der Waals surface area contributed by atoms with Gasteiger partial charge in [-0.2, -0.15) is 0 Å². The van der Waals surface area contributed by atoms with Crippen molar-refractivity contribution in [3.63, 3.8) is 0 Å². The van der Waals surface area contributed by atoms with Gasteiger partial charge in [-0.25, -0.2) is 4.79 Å². The molecule has 0 bridgehead atoms. The molecule has 0 saturated heterocycles. The van der Waals surface area contributed by atoms with Crippen LogP contribution in [0.15, 0.2) is 24.3 Å². The number of hydrogen-bond acceptors (Lipinski definition) is 3. The Bertz CT molecular complexity index is 377. The number of carbonyl (C=O) groups is 1. The molecule has 1 amide bonds. The Morgan fingerprint density at radius 2 is 2.20 bits per heavy atom. The number of para-hydroxylation sites is 1. The minimum Gasteiger partial charge on any atom is -0.450 e. The van der Waals surface area contributed by atoms with Gasteiger partial charge < -0.3 is 10.5 Å². The van der Waals surface area contributed by atoms with Gasteiger partial charge in [0.05, 0.1) is 12.3 Å². The van der Waals surface area contributed by atoms with E-state index in [0.29, 0.717) is 17.9 Å². The molecule has 15 heavy (non-hydrogen) atoms. The number of amidine groups is 1. The Balaban J connectivity index is 2.84. The number of ether oxygens (including phenoxy) is 1. The zero-order chi connectivity index (χ0) is 11.3. The van der Waals surface area contributed by atoms with Crippen molar-refractivity contribution in [2.75, 3.05) is 11.9 Å². The van der Waals surface area contributed by atoms with Gasteiger partial charge in [0.2, 0.25) is 0 Å². The van der Waals surface area contributed by atoms with Crippen LogP contribution in [-0.4, -0.2) is 18.5 Å². The Hall–Kier alpha value is -2.04.